The van der Waals surface area contributed by atoms with Crippen LogP contribution in [-0.4, -0.2) is 36.5 Å². The van der Waals surface area contributed by atoms with Crippen LogP contribution >= 0.6 is 0 Å². The lowest BCUT2D eigenvalue weighted by Crippen LogP contribution is -2.42. The van der Waals surface area contributed by atoms with Gasteiger partial charge in [0.1, 0.15) is 0 Å². The van der Waals surface area contributed by atoms with Gasteiger partial charge in [-0.3, -0.25) is 9.59 Å². The molecule has 1 amide bonds. The SMILES string of the molecule is CCOC(=O)C1CCN(C(=O)C2C(C)(C)C2(C)C)CC1. The number of ether oxygens (including phenoxy) is 1. The van der Waals surface area contributed by atoms with Crippen molar-refractivity contribution in [3.8, 4) is 0 Å². The van der Waals surface area contributed by atoms with E-state index < -0.39 is 0 Å². The standard InChI is InChI=1S/C16H27NO3/c1-6-20-14(19)11-7-9-17(10-8-11)13(18)12-15(2,3)16(12,4)5/h11-12H,6-10H2,1-5H3. The van der Waals surface area contributed by atoms with E-state index in [2.05, 4.69) is 27.7 Å². The van der Waals surface area contributed by atoms with Crippen molar-refractivity contribution in [3.63, 3.8) is 0 Å². The zero-order valence-electron chi connectivity index (χ0n) is 13.4. The molecule has 1 saturated heterocycles. The Hall–Kier alpha value is -1.06. The Morgan fingerprint density at radius 2 is 1.60 bits per heavy atom. The third-order valence-electron chi connectivity index (χ3n) is 5.69. The highest BCUT2D eigenvalue weighted by Gasteiger charge is 2.68. The van der Waals surface area contributed by atoms with Crippen LogP contribution < -0.4 is 0 Å². The maximum Gasteiger partial charge on any atom is 0.309 e. The summed E-state index contributed by atoms with van der Waals surface area (Å²) in [5.74, 6) is 0.252. The molecule has 20 heavy (non-hydrogen) atoms. The van der Waals surface area contributed by atoms with Crippen molar-refractivity contribution >= 4 is 11.9 Å². The lowest BCUT2D eigenvalue weighted by Gasteiger charge is -2.31. The van der Waals surface area contributed by atoms with E-state index in [0.29, 0.717) is 19.7 Å². The smallest absolute Gasteiger partial charge is 0.309 e. The highest BCUT2D eigenvalue weighted by molar-refractivity contribution is 5.84. The number of rotatable bonds is 3. The first-order valence-corrected chi connectivity index (χ1v) is 7.69. The molecule has 0 aromatic carbocycles. The van der Waals surface area contributed by atoms with Crippen molar-refractivity contribution in [3.05, 3.63) is 0 Å². The molecule has 4 heteroatoms. The summed E-state index contributed by atoms with van der Waals surface area (Å²) >= 11 is 0. The Bertz CT molecular complexity index is 392. The molecule has 2 aliphatic rings. The van der Waals surface area contributed by atoms with Gasteiger partial charge in [0.15, 0.2) is 0 Å². The molecule has 1 saturated carbocycles. The zero-order valence-corrected chi connectivity index (χ0v) is 13.4. The van der Waals surface area contributed by atoms with Gasteiger partial charge in [-0.05, 0) is 30.6 Å². The number of likely N-dealkylation sites (tertiary alicyclic amines) is 1. The highest BCUT2D eigenvalue weighted by atomic mass is 16.5. The fourth-order valence-corrected chi connectivity index (χ4v) is 3.59. The highest BCUT2D eigenvalue weighted by Crippen LogP contribution is 2.68. The van der Waals surface area contributed by atoms with E-state index in [1.54, 1.807) is 0 Å². The van der Waals surface area contributed by atoms with Gasteiger partial charge in [0, 0.05) is 19.0 Å². The maximum atomic E-state index is 12.6. The summed E-state index contributed by atoms with van der Waals surface area (Å²) in [7, 11) is 0. The number of carbonyl (C=O) groups excluding carboxylic acids is 2. The van der Waals surface area contributed by atoms with Crippen LogP contribution in [0.4, 0.5) is 0 Å². The van der Waals surface area contributed by atoms with E-state index in [1.165, 1.54) is 0 Å². The number of carbonyl (C=O) groups is 2. The van der Waals surface area contributed by atoms with Gasteiger partial charge in [0.2, 0.25) is 5.91 Å². The predicted octanol–water partition coefficient (Wildman–Crippen LogP) is 2.47. The minimum atomic E-state index is -0.105. The Morgan fingerprint density at radius 1 is 1.10 bits per heavy atom. The molecule has 0 atom stereocenters. The number of esters is 1. The third-order valence-corrected chi connectivity index (χ3v) is 5.69. The van der Waals surface area contributed by atoms with Crippen LogP contribution in [0.15, 0.2) is 0 Å². The number of hydrogen-bond acceptors (Lipinski definition) is 3. The average Bonchev–Trinajstić information content (AvgIpc) is 2.79. The molecule has 0 unspecified atom stereocenters. The first-order valence-electron chi connectivity index (χ1n) is 7.69. The molecule has 0 aromatic rings. The van der Waals surface area contributed by atoms with Crippen LogP contribution in [0, 0.1) is 22.7 Å². The van der Waals surface area contributed by atoms with Crippen molar-refractivity contribution in [1.29, 1.82) is 0 Å². The maximum absolute atomic E-state index is 12.6. The second-order valence-corrected chi connectivity index (χ2v) is 7.23. The van der Waals surface area contributed by atoms with Crippen LogP contribution in [0.3, 0.4) is 0 Å². The fourth-order valence-electron chi connectivity index (χ4n) is 3.59. The quantitative estimate of drug-likeness (QED) is 0.747. The number of piperidine rings is 1. The summed E-state index contributed by atoms with van der Waals surface area (Å²) in [5, 5.41) is 0. The largest absolute Gasteiger partial charge is 0.466 e. The first-order chi connectivity index (χ1) is 9.23. The van der Waals surface area contributed by atoms with Gasteiger partial charge in [-0.25, -0.2) is 0 Å². The van der Waals surface area contributed by atoms with Crippen LogP contribution in [-0.2, 0) is 14.3 Å². The van der Waals surface area contributed by atoms with Crippen LogP contribution in [0.25, 0.3) is 0 Å². The van der Waals surface area contributed by atoms with Gasteiger partial charge in [-0.15, -0.1) is 0 Å². The van der Waals surface area contributed by atoms with Gasteiger partial charge < -0.3 is 9.64 Å². The van der Waals surface area contributed by atoms with Crippen LogP contribution in [0.2, 0.25) is 0 Å². The summed E-state index contributed by atoms with van der Waals surface area (Å²) in [6, 6.07) is 0. The van der Waals surface area contributed by atoms with Gasteiger partial charge in [0.25, 0.3) is 0 Å². The van der Waals surface area contributed by atoms with E-state index in [1.807, 2.05) is 11.8 Å². The Kier molecular flexibility index (Phi) is 3.87. The van der Waals surface area contributed by atoms with E-state index in [4.69, 9.17) is 4.74 Å². The molecule has 0 spiro atoms. The van der Waals surface area contributed by atoms with E-state index >= 15 is 0 Å². The van der Waals surface area contributed by atoms with Gasteiger partial charge >= 0.3 is 5.97 Å². The Balaban J connectivity index is 1.89. The van der Waals surface area contributed by atoms with Gasteiger partial charge in [-0.2, -0.15) is 0 Å². The minimum absolute atomic E-state index is 0.0285. The molecule has 2 fully saturated rings. The average molecular weight is 281 g/mol. The van der Waals surface area contributed by atoms with Crippen molar-refractivity contribution in [1.82, 2.24) is 4.90 Å². The summed E-state index contributed by atoms with van der Waals surface area (Å²) in [6.07, 6.45) is 1.47. The normalized spacial score (nSPS) is 25.4. The molecule has 0 bridgehead atoms. The first kappa shape index (κ1) is 15.3. The molecular formula is C16H27NO3. The van der Waals surface area contributed by atoms with Crippen molar-refractivity contribution in [2.75, 3.05) is 19.7 Å². The molecule has 2 rings (SSSR count). The van der Waals surface area contributed by atoms with Crippen LogP contribution in [0.5, 0.6) is 0 Å². The minimum Gasteiger partial charge on any atom is -0.466 e. The molecule has 0 N–H and O–H groups in total. The lowest BCUT2D eigenvalue weighted by atomic mass is 9.96. The molecule has 0 aromatic heterocycles. The zero-order chi connectivity index (χ0) is 15.1. The topological polar surface area (TPSA) is 46.6 Å². The molecule has 1 aliphatic heterocycles. The lowest BCUT2D eigenvalue weighted by molar-refractivity contribution is -0.151. The van der Waals surface area contributed by atoms with Gasteiger partial charge in [-0.1, -0.05) is 27.7 Å². The van der Waals surface area contributed by atoms with E-state index in [9.17, 15) is 9.59 Å². The van der Waals surface area contributed by atoms with E-state index in [0.717, 1.165) is 12.8 Å². The Morgan fingerprint density at radius 3 is 2.00 bits per heavy atom. The summed E-state index contributed by atoms with van der Waals surface area (Å²) in [5.41, 5.74) is 0.171. The number of nitrogens with zero attached hydrogens (tertiary/aromatic N) is 1. The molecule has 1 heterocycles. The van der Waals surface area contributed by atoms with Gasteiger partial charge in [0.05, 0.1) is 12.5 Å². The van der Waals surface area contributed by atoms with E-state index in [-0.39, 0.29) is 34.5 Å². The third kappa shape index (κ3) is 2.33. The monoisotopic (exact) mass is 281 g/mol. The van der Waals surface area contributed by atoms with Crippen molar-refractivity contribution in [2.24, 2.45) is 22.7 Å². The molecule has 1 aliphatic carbocycles. The molecule has 4 nitrogen and oxygen atoms in total. The Labute approximate surface area is 121 Å². The molecular weight excluding hydrogens is 254 g/mol. The van der Waals surface area contributed by atoms with Crippen LogP contribution in [0.1, 0.15) is 47.5 Å². The molecule has 114 valence electrons. The summed E-state index contributed by atoms with van der Waals surface area (Å²) < 4.78 is 5.06. The summed E-state index contributed by atoms with van der Waals surface area (Å²) in [4.78, 5) is 26.2. The second kappa shape index (κ2) is 5.05. The fraction of sp³-hybridized carbons (Fsp3) is 0.875. The number of hydrogen-bond donors (Lipinski definition) is 0. The summed E-state index contributed by atoms with van der Waals surface area (Å²) in [6.45, 7) is 12.3. The van der Waals surface area contributed by atoms with Crippen molar-refractivity contribution < 1.29 is 14.3 Å². The number of amides is 1. The molecule has 0 radical (unpaired) electrons. The predicted molar refractivity (Wildman–Crippen MR) is 77.0 cm³/mol. The second-order valence-electron chi connectivity index (χ2n) is 7.23. The van der Waals surface area contributed by atoms with Crippen molar-refractivity contribution in [2.45, 2.75) is 47.5 Å².